The largest absolute Gasteiger partial charge is 0.383 e. The first kappa shape index (κ1) is 17.3. The number of carbonyl (C=O) groups is 1. The van der Waals surface area contributed by atoms with Crippen LogP contribution >= 0.6 is 11.8 Å². The predicted octanol–water partition coefficient (Wildman–Crippen LogP) is 2.64. The van der Waals surface area contributed by atoms with Crippen LogP contribution in [0.2, 0.25) is 0 Å². The van der Waals surface area contributed by atoms with Crippen LogP contribution in [-0.4, -0.2) is 52.4 Å². The number of thioether (sulfide) groups is 1. The third-order valence-corrected chi connectivity index (χ3v) is 5.35. The number of aromatic nitrogens is 2. The van der Waals surface area contributed by atoms with E-state index < -0.39 is 0 Å². The Morgan fingerprint density at radius 2 is 2.18 bits per heavy atom. The third kappa shape index (κ3) is 4.04. The quantitative estimate of drug-likeness (QED) is 0.755. The van der Waals surface area contributed by atoms with E-state index in [1.807, 2.05) is 11.8 Å². The number of imidazole rings is 1. The average molecular weight is 325 g/mol. The summed E-state index contributed by atoms with van der Waals surface area (Å²) in [6.07, 6.45) is 3.48. The van der Waals surface area contributed by atoms with E-state index in [9.17, 15) is 4.79 Å². The van der Waals surface area contributed by atoms with Gasteiger partial charge in [0, 0.05) is 31.9 Å². The molecule has 1 fully saturated rings. The summed E-state index contributed by atoms with van der Waals surface area (Å²) in [5.41, 5.74) is 2.18. The molecular weight excluding hydrogens is 298 g/mol. The summed E-state index contributed by atoms with van der Waals surface area (Å²) < 4.78 is 7.32. The van der Waals surface area contributed by atoms with Crippen LogP contribution in [0.4, 0.5) is 0 Å². The molecule has 0 aliphatic carbocycles. The second-order valence-corrected chi connectivity index (χ2v) is 6.87. The van der Waals surface area contributed by atoms with Crippen LogP contribution in [0.25, 0.3) is 0 Å². The zero-order chi connectivity index (χ0) is 16.1. The molecule has 1 aliphatic rings. The highest BCUT2D eigenvalue weighted by Crippen LogP contribution is 2.23. The van der Waals surface area contributed by atoms with E-state index in [0.717, 1.165) is 42.5 Å². The molecule has 1 amide bonds. The molecule has 2 rings (SSSR count). The maximum Gasteiger partial charge on any atom is 0.233 e. The van der Waals surface area contributed by atoms with Gasteiger partial charge >= 0.3 is 0 Å². The smallest absolute Gasteiger partial charge is 0.233 e. The molecule has 2 heterocycles. The van der Waals surface area contributed by atoms with Gasteiger partial charge in [0.1, 0.15) is 0 Å². The van der Waals surface area contributed by atoms with Gasteiger partial charge in [-0.05, 0) is 40.0 Å². The number of ether oxygens (including phenoxy) is 1. The fourth-order valence-corrected chi connectivity index (χ4v) is 3.86. The van der Waals surface area contributed by atoms with Gasteiger partial charge in [-0.25, -0.2) is 4.98 Å². The zero-order valence-corrected chi connectivity index (χ0v) is 14.9. The summed E-state index contributed by atoms with van der Waals surface area (Å²) in [7, 11) is 1.70. The lowest BCUT2D eigenvalue weighted by molar-refractivity contribution is -0.131. The van der Waals surface area contributed by atoms with Gasteiger partial charge in [0.2, 0.25) is 5.91 Å². The highest BCUT2D eigenvalue weighted by molar-refractivity contribution is 7.99. The minimum Gasteiger partial charge on any atom is -0.383 e. The Hall–Kier alpha value is -1.01. The Labute approximate surface area is 137 Å². The average Bonchev–Trinajstić information content (AvgIpc) is 2.78. The van der Waals surface area contributed by atoms with Crippen LogP contribution in [0.3, 0.4) is 0 Å². The highest BCUT2D eigenvalue weighted by atomic mass is 32.2. The van der Waals surface area contributed by atoms with Crippen molar-refractivity contribution < 1.29 is 9.53 Å². The molecule has 6 heteroatoms. The number of hydrogen-bond donors (Lipinski definition) is 0. The summed E-state index contributed by atoms with van der Waals surface area (Å²) in [5.74, 6) is 0.696. The number of rotatable bonds is 6. The standard InChI is InChI=1S/C16H27N3O2S/c1-12-7-5-6-8-18(12)15(20)11-22-16-17-13(2)14(3)19(16)9-10-21-4/h12H,5-11H2,1-4H3. The van der Waals surface area contributed by atoms with E-state index in [1.54, 1.807) is 18.9 Å². The minimum atomic E-state index is 0.230. The molecule has 1 unspecified atom stereocenters. The van der Waals surface area contributed by atoms with Crippen molar-refractivity contribution in [3.8, 4) is 0 Å². The zero-order valence-electron chi connectivity index (χ0n) is 14.1. The molecule has 0 radical (unpaired) electrons. The number of methoxy groups -OCH3 is 1. The number of nitrogens with zero attached hydrogens (tertiary/aromatic N) is 3. The summed E-state index contributed by atoms with van der Waals surface area (Å²) in [5, 5.41) is 0.921. The van der Waals surface area contributed by atoms with Gasteiger partial charge < -0.3 is 14.2 Å². The lowest BCUT2D eigenvalue weighted by Crippen LogP contribution is -2.43. The normalized spacial score (nSPS) is 18.7. The summed E-state index contributed by atoms with van der Waals surface area (Å²) >= 11 is 1.54. The molecule has 0 aromatic carbocycles. The molecular formula is C16H27N3O2S. The van der Waals surface area contributed by atoms with Crippen molar-refractivity contribution in [3.63, 3.8) is 0 Å². The van der Waals surface area contributed by atoms with Gasteiger partial charge in [0.15, 0.2) is 5.16 Å². The highest BCUT2D eigenvalue weighted by Gasteiger charge is 2.23. The molecule has 1 atom stereocenters. The molecule has 1 aliphatic heterocycles. The van der Waals surface area contributed by atoms with Gasteiger partial charge in [-0.2, -0.15) is 0 Å². The Balaban J connectivity index is 1.98. The van der Waals surface area contributed by atoms with Crippen molar-refractivity contribution in [1.29, 1.82) is 0 Å². The topological polar surface area (TPSA) is 47.4 Å². The van der Waals surface area contributed by atoms with Gasteiger partial charge in [-0.15, -0.1) is 0 Å². The van der Waals surface area contributed by atoms with Crippen molar-refractivity contribution in [1.82, 2.24) is 14.5 Å². The van der Waals surface area contributed by atoms with E-state index in [-0.39, 0.29) is 5.91 Å². The van der Waals surface area contributed by atoms with Gasteiger partial charge in [-0.1, -0.05) is 11.8 Å². The maximum absolute atomic E-state index is 12.4. The van der Waals surface area contributed by atoms with Crippen molar-refractivity contribution >= 4 is 17.7 Å². The third-order valence-electron chi connectivity index (χ3n) is 4.39. The molecule has 5 nitrogen and oxygen atoms in total. The number of hydrogen-bond acceptors (Lipinski definition) is 4. The summed E-state index contributed by atoms with van der Waals surface area (Å²) in [6, 6.07) is 0.374. The van der Waals surface area contributed by atoms with Crippen molar-refractivity contribution in [3.05, 3.63) is 11.4 Å². The molecule has 0 saturated carbocycles. The molecule has 1 aromatic rings. The molecule has 0 spiro atoms. The van der Waals surface area contributed by atoms with Crippen LogP contribution in [-0.2, 0) is 16.1 Å². The lowest BCUT2D eigenvalue weighted by atomic mass is 10.0. The minimum absolute atomic E-state index is 0.230. The van der Waals surface area contributed by atoms with Crippen LogP contribution in [0.15, 0.2) is 5.16 Å². The van der Waals surface area contributed by atoms with Crippen molar-refractivity contribution in [2.24, 2.45) is 0 Å². The number of likely N-dealkylation sites (tertiary alicyclic amines) is 1. The van der Waals surface area contributed by atoms with E-state index in [1.165, 1.54) is 6.42 Å². The van der Waals surface area contributed by atoms with E-state index in [0.29, 0.717) is 18.4 Å². The molecule has 124 valence electrons. The lowest BCUT2D eigenvalue weighted by Gasteiger charge is -2.33. The SMILES string of the molecule is COCCn1c(SCC(=O)N2CCCCC2C)nc(C)c1C. The van der Waals surface area contributed by atoms with Crippen LogP contribution in [0.1, 0.15) is 37.6 Å². The predicted molar refractivity (Wildman–Crippen MR) is 89.3 cm³/mol. The van der Waals surface area contributed by atoms with Gasteiger partial charge in [0.05, 0.1) is 18.1 Å². The second-order valence-electron chi connectivity index (χ2n) is 5.93. The van der Waals surface area contributed by atoms with E-state index >= 15 is 0 Å². The number of carbonyl (C=O) groups excluding carboxylic acids is 1. The molecule has 22 heavy (non-hydrogen) atoms. The van der Waals surface area contributed by atoms with Crippen LogP contribution < -0.4 is 0 Å². The summed E-state index contributed by atoms with van der Waals surface area (Å²) in [4.78, 5) is 19.1. The monoisotopic (exact) mass is 325 g/mol. The van der Waals surface area contributed by atoms with E-state index in [2.05, 4.69) is 23.4 Å². The second kappa shape index (κ2) is 8.02. The molecule has 0 bridgehead atoms. The Bertz CT molecular complexity index is 516. The Kier molecular flexibility index (Phi) is 6.32. The Morgan fingerprint density at radius 3 is 2.86 bits per heavy atom. The number of amides is 1. The first-order valence-electron chi connectivity index (χ1n) is 7.99. The number of aryl methyl sites for hydroxylation is 1. The van der Waals surface area contributed by atoms with Gasteiger partial charge in [-0.3, -0.25) is 4.79 Å². The number of piperidine rings is 1. The van der Waals surface area contributed by atoms with E-state index in [4.69, 9.17) is 4.74 Å². The van der Waals surface area contributed by atoms with Gasteiger partial charge in [0.25, 0.3) is 0 Å². The van der Waals surface area contributed by atoms with Crippen LogP contribution in [0.5, 0.6) is 0 Å². The first-order valence-corrected chi connectivity index (χ1v) is 8.98. The fraction of sp³-hybridized carbons (Fsp3) is 0.750. The Morgan fingerprint density at radius 1 is 1.41 bits per heavy atom. The molecule has 1 saturated heterocycles. The van der Waals surface area contributed by atoms with Crippen molar-refractivity contribution in [2.45, 2.75) is 57.8 Å². The maximum atomic E-state index is 12.4. The van der Waals surface area contributed by atoms with Crippen LogP contribution in [0, 0.1) is 13.8 Å². The summed E-state index contributed by atoms with van der Waals surface area (Å²) in [6.45, 7) is 8.56. The first-order chi connectivity index (χ1) is 10.5. The van der Waals surface area contributed by atoms with Crippen molar-refractivity contribution in [2.75, 3.05) is 26.0 Å². The fourth-order valence-electron chi connectivity index (χ4n) is 2.86. The molecule has 0 N–H and O–H groups in total. The molecule has 1 aromatic heterocycles.